The van der Waals surface area contributed by atoms with Crippen LogP contribution in [0.4, 0.5) is 10.5 Å². The number of nitrogens with zero attached hydrogens (tertiary/aromatic N) is 4. The van der Waals surface area contributed by atoms with E-state index < -0.39 is 0 Å². The van der Waals surface area contributed by atoms with Crippen molar-refractivity contribution in [1.82, 2.24) is 19.9 Å². The molecule has 3 heterocycles. The Labute approximate surface area is 145 Å². The zero-order valence-corrected chi connectivity index (χ0v) is 14.8. The van der Waals surface area contributed by atoms with E-state index in [0.717, 1.165) is 60.1 Å². The monoisotopic (exact) mass is 343 g/mol. The zero-order valence-electron chi connectivity index (χ0n) is 14.0. The summed E-state index contributed by atoms with van der Waals surface area (Å²) in [6, 6.07) is 0.00296. The lowest BCUT2D eigenvalue weighted by Crippen LogP contribution is -2.35. The molecule has 1 aliphatic heterocycles. The maximum Gasteiger partial charge on any atom is 0.322 e. The van der Waals surface area contributed by atoms with Gasteiger partial charge in [-0.15, -0.1) is 11.3 Å². The molecule has 0 bridgehead atoms. The third-order valence-corrected chi connectivity index (χ3v) is 5.43. The van der Waals surface area contributed by atoms with Gasteiger partial charge in [-0.3, -0.25) is 0 Å². The van der Waals surface area contributed by atoms with Crippen LogP contribution in [0.3, 0.4) is 0 Å². The summed E-state index contributed by atoms with van der Waals surface area (Å²) in [6.07, 6.45) is 6.00. The van der Waals surface area contributed by atoms with Crippen LogP contribution >= 0.6 is 11.3 Å². The first-order valence-corrected chi connectivity index (χ1v) is 9.33. The molecule has 2 fully saturated rings. The third-order valence-electron chi connectivity index (χ3n) is 4.64. The van der Waals surface area contributed by atoms with Crippen LogP contribution in [-0.4, -0.2) is 32.4 Å². The fourth-order valence-corrected chi connectivity index (χ4v) is 3.95. The Hall–Kier alpha value is -2.02. The number of hydrogen-bond donors (Lipinski definition) is 1. The number of likely N-dealkylation sites (tertiary alicyclic amines) is 1. The van der Waals surface area contributed by atoms with Gasteiger partial charge in [0.15, 0.2) is 0 Å². The van der Waals surface area contributed by atoms with Gasteiger partial charge < -0.3 is 10.2 Å². The molecule has 2 aromatic rings. The highest BCUT2D eigenvalue weighted by atomic mass is 32.1. The molecule has 4 rings (SSSR count). The molecule has 1 aliphatic carbocycles. The molecular formula is C17H21N5OS. The summed E-state index contributed by atoms with van der Waals surface area (Å²) in [5, 5.41) is 6.15. The number of aryl methyl sites for hydroxylation is 2. The largest absolute Gasteiger partial charge is 0.322 e. The van der Waals surface area contributed by atoms with E-state index in [2.05, 4.69) is 25.6 Å². The van der Waals surface area contributed by atoms with E-state index >= 15 is 0 Å². The second-order valence-corrected chi connectivity index (χ2v) is 7.63. The molecule has 24 heavy (non-hydrogen) atoms. The highest BCUT2D eigenvalue weighted by Gasteiger charge is 2.33. The van der Waals surface area contributed by atoms with E-state index in [-0.39, 0.29) is 12.1 Å². The predicted octanol–water partition coefficient (Wildman–Crippen LogP) is 3.80. The lowest BCUT2D eigenvalue weighted by atomic mass is 10.2. The molecule has 126 valence electrons. The van der Waals surface area contributed by atoms with Gasteiger partial charge in [0.05, 0.1) is 34.3 Å². The van der Waals surface area contributed by atoms with E-state index in [1.54, 1.807) is 17.5 Å². The van der Waals surface area contributed by atoms with Crippen molar-refractivity contribution < 1.29 is 4.79 Å². The van der Waals surface area contributed by atoms with Gasteiger partial charge in [0, 0.05) is 17.8 Å². The Morgan fingerprint density at radius 3 is 2.83 bits per heavy atom. The predicted molar refractivity (Wildman–Crippen MR) is 93.3 cm³/mol. The number of aromatic nitrogens is 3. The Balaban J connectivity index is 1.53. The minimum atomic E-state index is -0.0718. The van der Waals surface area contributed by atoms with Crippen LogP contribution in [-0.2, 0) is 0 Å². The fourth-order valence-electron chi connectivity index (χ4n) is 3.29. The molecule has 1 N–H and O–H groups in total. The first-order chi connectivity index (χ1) is 11.6. The molecule has 1 atom stereocenters. The summed E-state index contributed by atoms with van der Waals surface area (Å²) in [6.45, 7) is 4.65. The molecule has 6 nitrogen and oxygen atoms in total. The van der Waals surface area contributed by atoms with Gasteiger partial charge in [-0.2, -0.15) is 0 Å². The van der Waals surface area contributed by atoms with Crippen LogP contribution in [0.25, 0.3) is 0 Å². The average Bonchev–Trinajstić information content (AvgIpc) is 3.12. The maximum atomic E-state index is 12.8. The Morgan fingerprint density at radius 1 is 1.29 bits per heavy atom. The number of amides is 2. The van der Waals surface area contributed by atoms with Crippen molar-refractivity contribution in [2.24, 2.45) is 0 Å². The van der Waals surface area contributed by atoms with Crippen LogP contribution in [0, 0.1) is 13.8 Å². The van der Waals surface area contributed by atoms with Crippen molar-refractivity contribution >= 4 is 23.1 Å². The van der Waals surface area contributed by atoms with Gasteiger partial charge in [0.2, 0.25) is 0 Å². The molecule has 0 radical (unpaired) electrons. The standard InChI is InChI=1S/C17H21N5OS/c1-10-18-8-13(16(19-10)12-5-6-12)21-17(23)22-7-3-4-15(22)14-9-24-11(2)20-14/h8-9,12,15H,3-7H2,1-2H3,(H,21,23). The smallest absolute Gasteiger partial charge is 0.316 e. The topological polar surface area (TPSA) is 71.0 Å². The van der Waals surface area contributed by atoms with E-state index in [0.29, 0.717) is 5.92 Å². The van der Waals surface area contributed by atoms with Gasteiger partial charge in [0.1, 0.15) is 5.82 Å². The number of carbonyl (C=O) groups excluding carboxylic acids is 1. The molecule has 1 unspecified atom stereocenters. The van der Waals surface area contributed by atoms with Crippen molar-refractivity contribution in [3.05, 3.63) is 33.8 Å². The summed E-state index contributed by atoms with van der Waals surface area (Å²) < 4.78 is 0. The Kier molecular flexibility index (Phi) is 3.96. The van der Waals surface area contributed by atoms with Gasteiger partial charge in [0.25, 0.3) is 0 Å². The van der Waals surface area contributed by atoms with Crippen molar-refractivity contribution in [1.29, 1.82) is 0 Å². The zero-order chi connectivity index (χ0) is 16.7. The first kappa shape index (κ1) is 15.5. The van der Waals surface area contributed by atoms with Crippen LogP contribution in [0.2, 0.25) is 0 Å². The normalized spacial score (nSPS) is 20.4. The number of rotatable bonds is 3. The summed E-state index contributed by atoms with van der Waals surface area (Å²) in [5.74, 6) is 1.23. The summed E-state index contributed by atoms with van der Waals surface area (Å²) >= 11 is 1.64. The van der Waals surface area contributed by atoms with E-state index in [1.807, 2.05) is 18.7 Å². The van der Waals surface area contributed by atoms with Crippen LogP contribution < -0.4 is 5.32 Å². The van der Waals surface area contributed by atoms with Gasteiger partial charge in [-0.05, 0) is 39.5 Å². The maximum absolute atomic E-state index is 12.8. The highest BCUT2D eigenvalue weighted by molar-refractivity contribution is 7.09. The number of thiazole rings is 1. The minimum Gasteiger partial charge on any atom is -0.316 e. The number of urea groups is 1. The van der Waals surface area contributed by atoms with Gasteiger partial charge >= 0.3 is 6.03 Å². The molecular weight excluding hydrogens is 322 g/mol. The number of hydrogen-bond acceptors (Lipinski definition) is 5. The molecule has 2 aliphatic rings. The van der Waals surface area contributed by atoms with Crippen molar-refractivity contribution in [3.8, 4) is 0 Å². The molecule has 1 saturated heterocycles. The average molecular weight is 343 g/mol. The van der Waals surface area contributed by atoms with E-state index in [9.17, 15) is 4.79 Å². The number of anilines is 1. The Bertz CT molecular complexity index is 770. The second-order valence-electron chi connectivity index (χ2n) is 6.56. The number of nitrogens with one attached hydrogen (secondary N) is 1. The van der Waals surface area contributed by atoms with Crippen LogP contribution in [0.15, 0.2) is 11.6 Å². The highest BCUT2D eigenvalue weighted by Crippen LogP contribution is 2.42. The summed E-state index contributed by atoms with van der Waals surface area (Å²) in [7, 11) is 0. The lowest BCUT2D eigenvalue weighted by molar-refractivity contribution is 0.206. The molecule has 1 saturated carbocycles. The molecule has 0 aromatic carbocycles. The van der Waals surface area contributed by atoms with Gasteiger partial charge in [-0.1, -0.05) is 0 Å². The molecule has 2 amide bonds. The van der Waals surface area contributed by atoms with Crippen molar-refractivity contribution in [2.75, 3.05) is 11.9 Å². The van der Waals surface area contributed by atoms with Crippen LogP contribution in [0.5, 0.6) is 0 Å². The van der Waals surface area contributed by atoms with E-state index in [4.69, 9.17) is 0 Å². The fraction of sp³-hybridized carbons (Fsp3) is 0.529. The molecule has 0 spiro atoms. The summed E-state index contributed by atoms with van der Waals surface area (Å²) in [5.41, 5.74) is 2.75. The van der Waals surface area contributed by atoms with Gasteiger partial charge in [-0.25, -0.2) is 19.7 Å². The first-order valence-electron chi connectivity index (χ1n) is 8.45. The van der Waals surface area contributed by atoms with E-state index in [1.165, 1.54) is 0 Å². The van der Waals surface area contributed by atoms with Crippen LogP contribution in [0.1, 0.15) is 59.9 Å². The van der Waals surface area contributed by atoms with Crippen molar-refractivity contribution in [3.63, 3.8) is 0 Å². The lowest BCUT2D eigenvalue weighted by Gasteiger charge is -2.24. The Morgan fingerprint density at radius 2 is 2.12 bits per heavy atom. The minimum absolute atomic E-state index is 0.0718. The second kappa shape index (κ2) is 6.12. The quantitative estimate of drug-likeness (QED) is 0.920. The summed E-state index contributed by atoms with van der Waals surface area (Å²) in [4.78, 5) is 28.1. The number of carbonyl (C=O) groups is 1. The SMILES string of the molecule is Cc1ncc(NC(=O)N2CCCC2c2csc(C)n2)c(C2CC2)n1. The molecule has 7 heteroatoms. The third kappa shape index (κ3) is 3.00. The molecule has 2 aromatic heterocycles. The van der Waals surface area contributed by atoms with Crippen molar-refractivity contribution in [2.45, 2.75) is 51.5 Å².